The molecule has 0 aliphatic rings. The Bertz CT molecular complexity index is 585. The summed E-state index contributed by atoms with van der Waals surface area (Å²) >= 11 is 0. The second-order valence-corrected chi connectivity index (χ2v) is 5.39. The van der Waals surface area contributed by atoms with Crippen LogP contribution in [-0.4, -0.2) is 21.0 Å². The highest BCUT2D eigenvalue weighted by Gasteiger charge is 2.29. The van der Waals surface area contributed by atoms with Crippen molar-refractivity contribution in [1.29, 1.82) is 0 Å². The van der Waals surface area contributed by atoms with E-state index in [2.05, 4.69) is 9.97 Å². The van der Waals surface area contributed by atoms with Gasteiger partial charge in [0.05, 0.1) is 11.1 Å². The summed E-state index contributed by atoms with van der Waals surface area (Å²) in [7, 11) is 0. The van der Waals surface area contributed by atoms with E-state index in [0.717, 1.165) is 17.0 Å². The van der Waals surface area contributed by atoms with Gasteiger partial charge in [0.1, 0.15) is 5.82 Å². The number of hydrogen-bond acceptors (Lipinski definition) is 2. The summed E-state index contributed by atoms with van der Waals surface area (Å²) in [4.78, 5) is 18.9. The maximum atomic E-state index is 11.1. The first-order valence-corrected chi connectivity index (χ1v) is 6.24. The van der Waals surface area contributed by atoms with Crippen LogP contribution in [0.1, 0.15) is 25.4 Å². The number of carboxylic acid groups (broad SMARTS) is 1. The van der Waals surface area contributed by atoms with E-state index in [9.17, 15) is 4.79 Å². The number of aromatic nitrogens is 2. The van der Waals surface area contributed by atoms with Crippen molar-refractivity contribution in [3.8, 4) is 11.3 Å². The minimum Gasteiger partial charge on any atom is -0.481 e. The van der Waals surface area contributed by atoms with E-state index >= 15 is 0 Å². The number of aryl methyl sites for hydroxylation is 1. The van der Waals surface area contributed by atoms with E-state index in [1.165, 1.54) is 0 Å². The molecule has 0 unspecified atom stereocenters. The number of nitrogens with one attached hydrogen (secondary N) is 1. The van der Waals surface area contributed by atoms with Crippen molar-refractivity contribution in [2.45, 2.75) is 27.2 Å². The quantitative estimate of drug-likeness (QED) is 0.885. The maximum Gasteiger partial charge on any atom is 0.309 e. The van der Waals surface area contributed by atoms with Crippen LogP contribution in [-0.2, 0) is 11.2 Å². The fraction of sp³-hybridized carbons (Fsp3) is 0.333. The third-order valence-electron chi connectivity index (χ3n) is 3.17. The maximum absolute atomic E-state index is 11.1. The lowest BCUT2D eigenvalue weighted by molar-refractivity contribution is -0.146. The predicted molar refractivity (Wildman–Crippen MR) is 73.9 cm³/mol. The first-order chi connectivity index (χ1) is 8.90. The smallest absolute Gasteiger partial charge is 0.309 e. The summed E-state index contributed by atoms with van der Waals surface area (Å²) in [6.45, 7) is 5.36. The number of carbonyl (C=O) groups is 1. The van der Waals surface area contributed by atoms with Crippen LogP contribution < -0.4 is 0 Å². The van der Waals surface area contributed by atoms with Gasteiger partial charge < -0.3 is 10.1 Å². The van der Waals surface area contributed by atoms with E-state index in [1.54, 1.807) is 13.8 Å². The highest BCUT2D eigenvalue weighted by atomic mass is 16.4. The number of aromatic amines is 1. The molecule has 0 bridgehead atoms. The summed E-state index contributed by atoms with van der Waals surface area (Å²) in [5.41, 5.74) is 2.06. The SMILES string of the molecule is Cc1[nH]c(CC(C)(C)C(=O)O)nc1-c1ccccc1. The number of benzene rings is 1. The molecule has 1 heterocycles. The molecule has 0 radical (unpaired) electrons. The Hall–Kier alpha value is -2.10. The second kappa shape index (κ2) is 4.88. The molecule has 100 valence electrons. The van der Waals surface area contributed by atoms with Crippen LogP contribution >= 0.6 is 0 Å². The molecular formula is C15H18N2O2. The van der Waals surface area contributed by atoms with Crippen LogP contribution in [0, 0.1) is 12.3 Å². The lowest BCUT2D eigenvalue weighted by Gasteiger charge is -2.16. The van der Waals surface area contributed by atoms with Crippen LogP contribution in [0.4, 0.5) is 0 Å². The molecule has 0 aliphatic heterocycles. The van der Waals surface area contributed by atoms with E-state index in [1.807, 2.05) is 37.3 Å². The molecule has 4 heteroatoms. The van der Waals surface area contributed by atoms with Crippen molar-refractivity contribution in [2.75, 3.05) is 0 Å². The van der Waals surface area contributed by atoms with Crippen LogP contribution in [0.2, 0.25) is 0 Å². The monoisotopic (exact) mass is 258 g/mol. The lowest BCUT2D eigenvalue weighted by Crippen LogP contribution is -2.26. The molecule has 0 saturated carbocycles. The van der Waals surface area contributed by atoms with Gasteiger partial charge >= 0.3 is 5.97 Å². The van der Waals surface area contributed by atoms with Gasteiger partial charge in [0.2, 0.25) is 0 Å². The number of carboxylic acids is 1. The Balaban J connectivity index is 2.30. The molecule has 2 rings (SSSR count). The largest absolute Gasteiger partial charge is 0.481 e. The van der Waals surface area contributed by atoms with E-state index in [4.69, 9.17) is 5.11 Å². The summed E-state index contributed by atoms with van der Waals surface area (Å²) in [5.74, 6) is -0.105. The number of H-pyrrole nitrogens is 1. The molecule has 4 nitrogen and oxygen atoms in total. The summed E-state index contributed by atoms with van der Waals surface area (Å²) in [6.07, 6.45) is 0.385. The number of nitrogens with zero attached hydrogens (tertiary/aromatic N) is 1. The third-order valence-corrected chi connectivity index (χ3v) is 3.17. The minimum absolute atomic E-state index is 0.385. The highest BCUT2D eigenvalue weighted by molar-refractivity contribution is 5.74. The Morgan fingerprint density at radius 2 is 1.95 bits per heavy atom. The number of hydrogen-bond donors (Lipinski definition) is 2. The van der Waals surface area contributed by atoms with Crippen LogP contribution in [0.25, 0.3) is 11.3 Å². The topological polar surface area (TPSA) is 66.0 Å². The first-order valence-electron chi connectivity index (χ1n) is 6.24. The van der Waals surface area contributed by atoms with Gasteiger partial charge in [-0.3, -0.25) is 4.79 Å². The molecule has 0 fully saturated rings. The molecule has 0 atom stereocenters. The summed E-state index contributed by atoms with van der Waals surface area (Å²) < 4.78 is 0. The van der Waals surface area contributed by atoms with E-state index in [-0.39, 0.29) is 0 Å². The van der Waals surface area contributed by atoms with Crippen molar-refractivity contribution in [3.63, 3.8) is 0 Å². The van der Waals surface area contributed by atoms with Gasteiger partial charge in [0.15, 0.2) is 0 Å². The van der Waals surface area contributed by atoms with Crippen molar-refractivity contribution in [2.24, 2.45) is 5.41 Å². The first kappa shape index (κ1) is 13.3. The van der Waals surface area contributed by atoms with Crippen LogP contribution in [0.3, 0.4) is 0 Å². The van der Waals surface area contributed by atoms with Crippen molar-refractivity contribution in [1.82, 2.24) is 9.97 Å². The van der Waals surface area contributed by atoms with Gasteiger partial charge in [-0.2, -0.15) is 0 Å². The van der Waals surface area contributed by atoms with E-state index in [0.29, 0.717) is 12.2 Å². The Morgan fingerprint density at radius 1 is 1.32 bits per heavy atom. The van der Waals surface area contributed by atoms with Gasteiger partial charge in [0, 0.05) is 17.7 Å². The van der Waals surface area contributed by atoms with Crippen molar-refractivity contribution in [3.05, 3.63) is 41.9 Å². The number of rotatable bonds is 4. The third kappa shape index (κ3) is 2.84. The second-order valence-electron chi connectivity index (χ2n) is 5.39. The summed E-state index contributed by atoms with van der Waals surface area (Å²) in [6, 6.07) is 9.87. The average Bonchev–Trinajstić information content (AvgIpc) is 2.70. The average molecular weight is 258 g/mol. The molecule has 2 aromatic rings. The van der Waals surface area contributed by atoms with Crippen molar-refractivity contribution < 1.29 is 9.90 Å². The van der Waals surface area contributed by atoms with Gasteiger partial charge in [-0.05, 0) is 20.8 Å². The van der Waals surface area contributed by atoms with Crippen molar-refractivity contribution >= 4 is 5.97 Å². The van der Waals surface area contributed by atoms with Gasteiger partial charge in [-0.1, -0.05) is 30.3 Å². The Kier molecular flexibility index (Phi) is 3.42. The highest BCUT2D eigenvalue weighted by Crippen LogP contribution is 2.25. The number of aliphatic carboxylic acids is 1. The fourth-order valence-electron chi connectivity index (χ4n) is 1.98. The summed E-state index contributed by atoms with van der Waals surface area (Å²) in [5, 5.41) is 9.15. The normalized spacial score (nSPS) is 11.5. The molecular weight excluding hydrogens is 240 g/mol. The molecule has 0 spiro atoms. The van der Waals surface area contributed by atoms with Crippen LogP contribution in [0.15, 0.2) is 30.3 Å². The predicted octanol–water partition coefficient (Wildman–Crippen LogP) is 3.04. The Morgan fingerprint density at radius 3 is 2.53 bits per heavy atom. The Labute approximate surface area is 112 Å². The molecule has 2 N–H and O–H groups in total. The standard InChI is InChI=1S/C15H18N2O2/c1-10-13(11-7-5-4-6-8-11)17-12(16-10)9-15(2,3)14(18)19/h4-8H,9H2,1-3H3,(H,16,17)(H,18,19). The van der Waals surface area contributed by atoms with E-state index < -0.39 is 11.4 Å². The number of imidazole rings is 1. The van der Waals surface area contributed by atoms with Gasteiger partial charge in [-0.25, -0.2) is 4.98 Å². The molecule has 19 heavy (non-hydrogen) atoms. The zero-order valence-corrected chi connectivity index (χ0v) is 11.4. The zero-order chi connectivity index (χ0) is 14.0. The zero-order valence-electron chi connectivity index (χ0n) is 11.4. The minimum atomic E-state index is -0.821. The molecule has 0 aliphatic carbocycles. The molecule has 0 saturated heterocycles. The molecule has 0 amide bonds. The molecule has 1 aromatic heterocycles. The van der Waals surface area contributed by atoms with Crippen LogP contribution in [0.5, 0.6) is 0 Å². The lowest BCUT2D eigenvalue weighted by atomic mass is 9.89. The fourth-order valence-corrected chi connectivity index (χ4v) is 1.98. The molecule has 1 aromatic carbocycles. The van der Waals surface area contributed by atoms with Gasteiger partial charge in [0.25, 0.3) is 0 Å². The van der Waals surface area contributed by atoms with Gasteiger partial charge in [-0.15, -0.1) is 0 Å².